The van der Waals surface area contributed by atoms with Gasteiger partial charge in [0.2, 0.25) is 0 Å². The van der Waals surface area contributed by atoms with Crippen molar-refractivity contribution in [2.24, 2.45) is 0 Å². The first kappa shape index (κ1) is 15.0. The SMILES string of the molecule is Cc1ccc(C(=O)NCCc2ccn(-c3ccccc3)n2)cc1. The van der Waals surface area contributed by atoms with Gasteiger partial charge in [-0.25, -0.2) is 4.68 Å². The fourth-order valence-electron chi connectivity index (χ4n) is 2.33. The Hall–Kier alpha value is -2.88. The van der Waals surface area contributed by atoms with Crippen LogP contribution in [-0.2, 0) is 6.42 Å². The lowest BCUT2D eigenvalue weighted by Crippen LogP contribution is -2.25. The Morgan fingerprint density at radius 3 is 2.52 bits per heavy atom. The molecule has 0 radical (unpaired) electrons. The molecule has 1 N–H and O–H groups in total. The van der Waals surface area contributed by atoms with Crippen molar-refractivity contribution in [1.29, 1.82) is 0 Å². The minimum absolute atomic E-state index is 0.0486. The van der Waals surface area contributed by atoms with E-state index in [1.165, 1.54) is 0 Å². The lowest BCUT2D eigenvalue weighted by molar-refractivity contribution is 0.0954. The summed E-state index contributed by atoms with van der Waals surface area (Å²) in [6.45, 7) is 2.57. The van der Waals surface area contributed by atoms with Crippen LogP contribution in [-0.4, -0.2) is 22.2 Å². The molecule has 3 rings (SSSR count). The molecule has 0 saturated carbocycles. The van der Waals surface area contributed by atoms with Crippen LogP contribution in [0.25, 0.3) is 5.69 Å². The summed E-state index contributed by atoms with van der Waals surface area (Å²) in [5.74, 6) is -0.0486. The fourth-order valence-corrected chi connectivity index (χ4v) is 2.33. The second-order valence-electron chi connectivity index (χ2n) is 5.46. The Bertz CT molecular complexity index is 776. The van der Waals surface area contributed by atoms with Crippen molar-refractivity contribution < 1.29 is 4.79 Å². The molecule has 116 valence electrons. The number of benzene rings is 2. The lowest BCUT2D eigenvalue weighted by Gasteiger charge is -2.04. The average Bonchev–Trinajstić information content (AvgIpc) is 3.05. The van der Waals surface area contributed by atoms with Crippen molar-refractivity contribution in [2.45, 2.75) is 13.3 Å². The van der Waals surface area contributed by atoms with Crippen LogP contribution in [0.5, 0.6) is 0 Å². The summed E-state index contributed by atoms with van der Waals surface area (Å²) in [6.07, 6.45) is 2.64. The van der Waals surface area contributed by atoms with Crippen molar-refractivity contribution in [3.8, 4) is 5.69 Å². The van der Waals surface area contributed by atoms with Crippen LogP contribution in [0.3, 0.4) is 0 Å². The molecule has 0 aliphatic heterocycles. The molecule has 2 aromatic carbocycles. The number of aryl methyl sites for hydroxylation is 1. The van der Waals surface area contributed by atoms with Crippen molar-refractivity contribution >= 4 is 5.91 Å². The van der Waals surface area contributed by atoms with E-state index >= 15 is 0 Å². The number of rotatable bonds is 5. The Morgan fingerprint density at radius 2 is 1.78 bits per heavy atom. The van der Waals surface area contributed by atoms with Gasteiger partial charge in [0.05, 0.1) is 11.4 Å². The molecule has 0 aliphatic carbocycles. The summed E-state index contributed by atoms with van der Waals surface area (Å²) in [4.78, 5) is 12.0. The van der Waals surface area contributed by atoms with Gasteiger partial charge >= 0.3 is 0 Å². The minimum atomic E-state index is -0.0486. The van der Waals surface area contributed by atoms with E-state index in [1.807, 2.05) is 78.5 Å². The van der Waals surface area contributed by atoms with Crippen molar-refractivity contribution in [2.75, 3.05) is 6.54 Å². The third-order valence-corrected chi connectivity index (χ3v) is 3.65. The third-order valence-electron chi connectivity index (χ3n) is 3.65. The van der Waals surface area contributed by atoms with Gasteiger partial charge in [-0.15, -0.1) is 0 Å². The molecule has 0 fully saturated rings. The Kier molecular flexibility index (Phi) is 4.52. The summed E-state index contributed by atoms with van der Waals surface area (Å²) < 4.78 is 1.84. The molecule has 0 unspecified atom stereocenters. The molecule has 0 atom stereocenters. The zero-order valence-corrected chi connectivity index (χ0v) is 13.1. The second kappa shape index (κ2) is 6.92. The first-order chi connectivity index (χ1) is 11.2. The molecule has 1 aromatic heterocycles. The monoisotopic (exact) mass is 305 g/mol. The van der Waals surface area contributed by atoms with Gasteiger partial charge in [-0.1, -0.05) is 35.9 Å². The van der Waals surface area contributed by atoms with E-state index in [1.54, 1.807) is 0 Å². The van der Waals surface area contributed by atoms with Crippen LogP contribution in [0.15, 0.2) is 66.9 Å². The van der Waals surface area contributed by atoms with E-state index in [-0.39, 0.29) is 5.91 Å². The van der Waals surface area contributed by atoms with Crippen LogP contribution in [0, 0.1) is 6.92 Å². The van der Waals surface area contributed by atoms with Crippen molar-refractivity contribution in [3.63, 3.8) is 0 Å². The molecule has 1 heterocycles. The van der Waals surface area contributed by atoms with Gasteiger partial charge in [0, 0.05) is 24.7 Å². The highest BCUT2D eigenvalue weighted by atomic mass is 16.1. The van der Waals surface area contributed by atoms with Crippen LogP contribution >= 0.6 is 0 Å². The fraction of sp³-hybridized carbons (Fsp3) is 0.158. The summed E-state index contributed by atoms with van der Waals surface area (Å²) in [7, 11) is 0. The van der Waals surface area contributed by atoms with Crippen molar-refractivity contribution in [3.05, 3.63) is 83.7 Å². The van der Waals surface area contributed by atoms with Gasteiger partial charge in [-0.2, -0.15) is 5.10 Å². The van der Waals surface area contributed by atoms with Crippen LogP contribution in [0.2, 0.25) is 0 Å². The number of carbonyl (C=O) groups is 1. The number of amides is 1. The smallest absolute Gasteiger partial charge is 0.251 e. The molecule has 0 bridgehead atoms. The molecular weight excluding hydrogens is 286 g/mol. The number of hydrogen-bond donors (Lipinski definition) is 1. The van der Waals surface area contributed by atoms with Crippen LogP contribution in [0.1, 0.15) is 21.6 Å². The highest BCUT2D eigenvalue weighted by Crippen LogP contribution is 2.07. The highest BCUT2D eigenvalue weighted by molar-refractivity contribution is 5.94. The molecule has 3 aromatic rings. The molecule has 0 aliphatic rings. The van der Waals surface area contributed by atoms with Gasteiger partial charge in [0.25, 0.3) is 5.91 Å². The van der Waals surface area contributed by atoms with E-state index < -0.39 is 0 Å². The van der Waals surface area contributed by atoms with Crippen molar-refractivity contribution in [1.82, 2.24) is 15.1 Å². The minimum Gasteiger partial charge on any atom is -0.352 e. The maximum Gasteiger partial charge on any atom is 0.251 e. The molecule has 4 heteroatoms. The predicted molar refractivity (Wildman–Crippen MR) is 90.8 cm³/mol. The second-order valence-corrected chi connectivity index (χ2v) is 5.46. The first-order valence-electron chi connectivity index (χ1n) is 7.67. The number of para-hydroxylation sites is 1. The first-order valence-corrected chi connectivity index (χ1v) is 7.67. The molecule has 23 heavy (non-hydrogen) atoms. The Balaban J connectivity index is 1.54. The van der Waals surface area contributed by atoms with Gasteiger partial charge < -0.3 is 5.32 Å². The molecule has 0 saturated heterocycles. The maximum absolute atomic E-state index is 12.0. The van der Waals surface area contributed by atoms with Crippen LogP contribution < -0.4 is 5.32 Å². The largest absolute Gasteiger partial charge is 0.352 e. The average molecular weight is 305 g/mol. The molecular formula is C19H19N3O. The van der Waals surface area contributed by atoms with E-state index in [2.05, 4.69) is 10.4 Å². The van der Waals surface area contributed by atoms with Gasteiger partial charge in [0.15, 0.2) is 0 Å². The quantitative estimate of drug-likeness (QED) is 0.787. The van der Waals surface area contributed by atoms with Gasteiger partial charge in [0.1, 0.15) is 0 Å². The number of aromatic nitrogens is 2. The summed E-state index contributed by atoms with van der Waals surface area (Å²) in [5, 5.41) is 7.45. The maximum atomic E-state index is 12.0. The molecule has 0 spiro atoms. The third kappa shape index (κ3) is 3.86. The van der Waals surface area contributed by atoms with E-state index in [4.69, 9.17) is 0 Å². The lowest BCUT2D eigenvalue weighted by atomic mass is 10.1. The molecule has 4 nitrogen and oxygen atoms in total. The van der Waals surface area contributed by atoms with E-state index in [0.29, 0.717) is 18.5 Å². The number of hydrogen-bond acceptors (Lipinski definition) is 2. The van der Waals surface area contributed by atoms with E-state index in [9.17, 15) is 4.79 Å². The van der Waals surface area contributed by atoms with Gasteiger partial charge in [-0.3, -0.25) is 4.79 Å². The normalized spacial score (nSPS) is 10.5. The Morgan fingerprint density at radius 1 is 1.04 bits per heavy atom. The summed E-state index contributed by atoms with van der Waals surface area (Å²) in [5.41, 5.74) is 3.82. The predicted octanol–water partition coefficient (Wildman–Crippen LogP) is 3.15. The number of carbonyl (C=O) groups excluding carboxylic acids is 1. The standard InChI is InChI=1S/C19H19N3O/c1-15-7-9-16(10-8-15)19(23)20-13-11-17-12-14-22(21-17)18-5-3-2-4-6-18/h2-10,12,14H,11,13H2,1H3,(H,20,23). The number of nitrogens with one attached hydrogen (secondary N) is 1. The van der Waals surface area contributed by atoms with E-state index in [0.717, 1.165) is 16.9 Å². The highest BCUT2D eigenvalue weighted by Gasteiger charge is 2.05. The summed E-state index contributed by atoms with van der Waals surface area (Å²) >= 11 is 0. The van der Waals surface area contributed by atoms with Gasteiger partial charge in [-0.05, 0) is 37.3 Å². The van der Waals surface area contributed by atoms with Crippen LogP contribution in [0.4, 0.5) is 0 Å². The zero-order chi connectivity index (χ0) is 16.1. The number of nitrogens with zero attached hydrogens (tertiary/aromatic N) is 2. The Labute approximate surface area is 135 Å². The summed E-state index contributed by atoms with van der Waals surface area (Å²) in [6, 6.07) is 19.5. The topological polar surface area (TPSA) is 46.9 Å². The molecule has 1 amide bonds. The zero-order valence-electron chi connectivity index (χ0n) is 13.1.